The van der Waals surface area contributed by atoms with E-state index in [9.17, 15) is 4.79 Å². The van der Waals surface area contributed by atoms with E-state index in [1.165, 1.54) is 5.56 Å². The van der Waals surface area contributed by atoms with Crippen molar-refractivity contribution >= 4 is 5.91 Å². The van der Waals surface area contributed by atoms with Crippen LogP contribution in [0.15, 0.2) is 48.5 Å². The molecule has 5 heteroatoms. The predicted octanol–water partition coefficient (Wildman–Crippen LogP) is 4.35. The van der Waals surface area contributed by atoms with Crippen molar-refractivity contribution in [2.75, 3.05) is 20.3 Å². The molecule has 0 saturated heterocycles. The first-order chi connectivity index (χ1) is 13.3. The molecule has 0 aliphatic rings. The van der Waals surface area contributed by atoms with Gasteiger partial charge in [-0.1, -0.05) is 39.8 Å². The zero-order chi connectivity index (χ0) is 20.6. The fourth-order valence-corrected chi connectivity index (χ4v) is 2.65. The molecule has 1 N–H and O–H groups in total. The number of rotatable bonds is 9. The number of methoxy groups -OCH3 is 1. The van der Waals surface area contributed by atoms with Crippen molar-refractivity contribution in [1.82, 2.24) is 5.32 Å². The highest BCUT2D eigenvalue weighted by molar-refractivity contribution is 5.81. The molecule has 0 aliphatic carbocycles. The van der Waals surface area contributed by atoms with Crippen molar-refractivity contribution in [1.29, 1.82) is 0 Å². The fraction of sp³-hybridized carbons (Fsp3) is 0.435. The average Bonchev–Trinajstić information content (AvgIpc) is 2.69. The van der Waals surface area contributed by atoms with Crippen LogP contribution in [-0.2, 0) is 10.2 Å². The summed E-state index contributed by atoms with van der Waals surface area (Å²) in [6, 6.07) is 15.3. The largest absolute Gasteiger partial charge is 0.497 e. The van der Waals surface area contributed by atoms with Gasteiger partial charge in [-0.05, 0) is 53.8 Å². The van der Waals surface area contributed by atoms with Crippen LogP contribution in [0.25, 0.3) is 0 Å². The molecule has 0 fully saturated rings. The minimum absolute atomic E-state index is 0.117. The Morgan fingerprint density at radius 1 is 0.964 bits per heavy atom. The van der Waals surface area contributed by atoms with Crippen LogP contribution in [-0.4, -0.2) is 32.3 Å². The van der Waals surface area contributed by atoms with Gasteiger partial charge in [0.2, 0.25) is 0 Å². The second-order valence-corrected chi connectivity index (χ2v) is 7.60. The van der Waals surface area contributed by atoms with Crippen LogP contribution < -0.4 is 19.5 Å². The Labute approximate surface area is 168 Å². The van der Waals surface area contributed by atoms with Gasteiger partial charge in [0.15, 0.2) is 6.10 Å². The predicted molar refractivity (Wildman–Crippen MR) is 111 cm³/mol. The third-order valence-electron chi connectivity index (χ3n) is 4.39. The molecule has 1 atom stereocenters. The van der Waals surface area contributed by atoms with Crippen LogP contribution >= 0.6 is 0 Å². The summed E-state index contributed by atoms with van der Waals surface area (Å²) in [5.41, 5.74) is 1.38. The molecule has 0 aromatic heterocycles. The highest BCUT2D eigenvalue weighted by atomic mass is 16.5. The van der Waals surface area contributed by atoms with Gasteiger partial charge < -0.3 is 19.5 Å². The minimum Gasteiger partial charge on any atom is -0.497 e. The van der Waals surface area contributed by atoms with Gasteiger partial charge >= 0.3 is 0 Å². The number of carbonyl (C=O) groups excluding carboxylic acids is 1. The summed E-state index contributed by atoms with van der Waals surface area (Å²) in [6.07, 6.45) is 0.0342. The number of carbonyl (C=O) groups is 1. The van der Waals surface area contributed by atoms with E-state index in [0.29, 0.717) is 25.3 Å². The van der Waals surface area contributed by atoms with Gasteiger partial charge in [-0.2, -0.15) is 0 Å². The van der Waals surface area contributed by atoms with Crippen LogP contribution in [0.4, 0.5) is 0 Å². The summed E-state index contributed by atoms with van der Waals surface area (Å²) in [4.78, 5) is 12.4. The van der Waals surface area contributed by atoms with Gasteiger partial charge in [-0.25, -0.2) is 0 Å². The van der Waals surface area contributed by atoms with Crippen LogP contribution in [0.1, 0.15) is 39.7 Å². The lowest BCUT2D eigenvalue weighted by Gasteiger charge is -2.19. The number of amides is 1. The molecule has 2 aromatic rings. The third-order valence-corrected chi connectivity index (χ3v) is 4.39. The maximum atomic E-state index is 12.4. The lowest BCUT2D eigenvalue weighted by Crippen LogP contribution is -2.39. The molecule has 0 radical (unpaired) electrons. The van der Waals surface area contributed by atoms with Gasteiger partial charge in [-0.15, -0.1) is 0 Å². The number of nitrogens with one attached hydrogen (secondary N) is 1. The van der Waals surface area contributed by atoms with E-state index in [2.05, 4.69) is 38.2 Å². The molecule has 152 valence electrons. The van der Waals surface area contributed by atoms with Gasteiger partial charge in [0.25, 0.3) is 5.91 Å². The van der Waals surface area contributed by atoms with Gasteiger partial charge in [-0.3, -0.25) is 4.79 Å². The van der Waals surface area contributed by atoms with Crippen molar-refractivity contribution in [2.24, 2.45) is 0 Å². The highest BCUT2D eigenvalue weighted by Crippen LogP contribution is 2.24. The Morgan fingerprint density at radius 2 is 1.54 bits per heavy atom. The SMILES string of the molecule is CC[C@@H](Oc1ccc(OC)cc1)C(=O)NCCOc1ccc(C(C)(C)C)cc1. The van der Waals surface area contributed by atoms with E-state index in [4.69, 9.17) is 14.2 Å². The lowest BCUT2D eigenvalue weighted by molar-refractivity contribution is -0.128. The van der Waals surface area contributed by atoms with Crippen molar-refractivity contribution in [3.8, 4) is 17.2 Å². The Balaban J connectivity index is 1.76. The van der Waals surface area contributed by atoms with Crippen LogP contribution in [0, 0.1) is 0 Å². The summed E-state index contributed by atoms with van der Waals surface area (Å²) in [5.74, 6) is 2.03. The summed E-state index contributed by atoms with van der Waals surface area (Å²) in [6.45, 7) is 9.27. The van der Waals surface area contributed by atoms with Crippen molar-refractivity contribution < 1.29 is 19.0 Å². The maximum absolute atomic E-state index is 12.4. The molecule has 0 unspecified atom stereocenters. The van der Waals surface area contributed by atoms with E-state index in [1.54, 1.807) is 31.4 Å². The normalized spacial score (nSPS) is 12.2. The molecule has 0 aliphatic heterocycles. The molecular weight excluding hydrogens is 354 g/mol. The molecule has 0 spiro atoms. The Morgan fingerprint density at radius 3 is 2.07 bits per heavy atom. The average molecular weight is 386 g/mol. The van der Waals surface area contributed by atoms with Gasteiger partial charge in [0.05, 0.1) is 13.7 Å². The molecule has 5 nitrogen and oxygen atoms in total. The number of hydrogen-bond donors (Lipinski definition) is 1. The van der Waals surface area contributed by atoms with Crippen molar-refractivity contribution in [2.45, 2.75) is 45.6 Å². The van der Waals surface area contributed by atoms with E-state index >= 15 is 0 Å². The molecule has 1 amide bonds. The molecule has 0 heterocycles. The minimum atomic E-state index is -0.542. The molecule has 0 bridgehead atoms. The van der Waals surface area contributed by atoms with Crippen LogP contribution in [0.3, 0.4) is 0 Å². The Kier molecular flexibility index (Phi) is 7.73. The molecule has 2 rings (SSSR count). The molecule has 28 heavy (non-hydrogen) atoms. The van der Waals surface area contributed by atoms with Crippen molar-refractivity contribution in [3.63, 3.8) is 0 Å². The second-order valence-electron chi connectivity index (χ2n) is 7.60. The van der Waals surface area contributed by atoms with Crippen LogP contribution in [0.2, 0.25) is 0 Å². The fourth-order valence-electron chi connectivity index (χ4n) is 2.65. The summed E-state index contributed by atoms with van der Waals surface area (Å²) >= 11 is 0. The zero-order valence-corrected chi connectivity index (χ0v) is 17.5. The molecular formula is C23H31NO4. The monoisotopic (exact) mass is 385 g/mol. The third kappa shape index (κ3) is 6.48. The van der Waals surface area contributed by atoms with E-state index in [1.807, 2.05) is 19.1 Å². The number of hydrogen-bond acceptors (Lipinski definition) is 4. The quantitative estimate of drug-likeness (QED) is 0.652. The van der Waals surface area contributed by atoms with E-state index < -0.39 is 6.10 Å². The topological polar surface area (TPSA) is 56.8 Å². The summed E-state index contributed by atoms with van der Waals surface area (Å²) in [7, 11) is 1.61. The van der Waals surface area contributed by atoms with Gasteiger partial charge in [0.1, 0.15) is 23.9 Å². The smallest absolute Gasteiger partial charge is 0.261 e. The Hall–Kier alpha value is -2.69. The number of ether oxygens (including phenoxy) is 3. The Bertz CT molecular complexity index is 733. The number of benzene rings is 2. The first-order valence-corrected chi connectivity index (χ1v) is 9.65. The van der Waals surface area contributed by atoms with E-state index in [0.717, 1.165) is 11.5 Å². The van der Waals surface area contributed by atoms with Crippen LogP contribution in [0.5, 0.6) is 17.2 Å². The van der Waals surface area contributed by atoms with Gasteiger partial charge in [0, 0.05) is 0 Å². The first kappa shape index (κ1) is 21.6. The maximum Gasteiger partial charge on any atom is 0.261 e. The first-order valence-electron chi connectivity index (χ1n) is 9.65. The lowest BCUT2D eigenvalue weighted by atomic mass is 9.87. The zero-order valence-electron chi connectivity index (χ0n) is 17.5. The van der Waals surface area contributed by atoms with E-state index in [-0.39, 0.29) is 11.3 Å². The highest BCUT2D eigenvalue weighted by Gasteiger charge is 2.18. The molecule has 0 saturated carbocycles. The molecule has 2 aromatic carbocycles. The van der Waals surface area contributed by atoms with Crippen molar-refractivity contribution in [3.05, 3.63) is 54.1 Å². The standard InChI is InChI=1S/C23H31NO4/c1-6-21(28-20-13-11-18(26-5)12-14-20)22(25)24-15-16-27-19-9-7-17(8-10-19)23(2,3)4/h7-14,21H,6,15-16H2,1-5H3,(H,24,25)/t21-/m1/s1. The second kappa shape index (κ2) is 10.0. The summed E-state index contributed by atoms with van der Waals surface area (Å²) in [5, 5.41) is 2.87. The summed E-state index contributed by atoms with van der Waals surface area (Å²) < 4.78 is 16.6.